The van der Waals surface area contributed by atoms with E-state index in [0.29, 0.717) is 12.4 Å². The second kappa shape index (κ2) is 4.45. The summed E-state index contributed by atoms with van der Waals surface area (Å²) in [6.07, 6.45) is 2.40. The highest BCUT2D eigenvalue weighted by Crippen LogP contribution is 2.29. The number of carbonyl (C=O) groups is 1. The van der Waals surface area contributed by atoms with Gasteiger partial charge in [0.2, 0.25) is 0 Å². The molecule has 0 radical (unpaired) electrons. The van der Waals surface area contributed by atoms with Crippen molar-refractivity contribution in [3.63, 3.8) is 0 Å². The molecular weight excluding hydrogens is 232 g/mol. The van der Waals surface area contributed by atoms with Crippen LogP contribution in [0.5, 0.6) is 0 Å². The molecule has 6 heteroatoms. The van der Waals surface area contributed by atoms with Crippen molar-refractivity contribution >= 4 is 17.4 Å². The molecule has 6 nitrogen and oxygen atoms in total. The zero-order valence-electron chi connectivity index (χ0n) is 10.6. The van der Waals surface area contributed by atoms with E-state index in [0.717, 1.165) is 6.42 Å². The Morgan fingerprint density at radius 1 is 1.67 bits per heavy atom. The number of nitrogen functional groups attached to an aromatic ring is 1. The van der Waals surface area contributed by atoms with Crippen molar-refractivity contribution in [2.45, 2.75) is 31.9 Å². The number of amides is 1. The van der Waals surface area contributed by atoms with E-state index < -0.39 is 5.91 Å². The highest BCUT2D eigenvalue weighted by Gasteiger charge is 2.37. The van der Waals surface area contributed by atoms with Gasteiger partial charge in [0.15, 0.2) is 0 Å². The van der Waals surface area contributed by atoms with Gasteiger partial charge in [-0.15, -0.1) is 0 Å². The number of pyridine rings is 1. The number of nitrogens with two attached hydrogens (primary N) is 2. The molecule has 0 aromatic carbocycles. The van der Waals surface area contributed by atoms with E-state index in [4.69, 9.17) is 16.2 Å². The highest BCUT2D eigenvalue weighted by molar-refractivity contribution is 5.98. The molecule has 5 N–H and O–H groups in total. The molecule has 2 rings (SSSR count). The minimum atomic E-state index is -0.557. The normalized spacial score (nSPS) is 27.1. The standard InChI is InChI=1S/C12H18N4O2/c1-7-12(2,3-4-18-7)16-10-5-8(11(14)17)9(13)6-15-10/h5-7H,3-4,13H2,1-2H3,(H2,14,17)(H,15,16). The number of rotatable bonds is 3. The first-order valence-electron chi connectivity index (χ1n) is 5.87. The van der Waals surface area contributed by atoms with Gasteiger partial charge >= 0.3 is 0 Å². The topological polar surface area (TPSA) is 103 Å². The van der Waals surface area contributed by atoms with Crippen LogP contribution in [0.3, 0.4) is 0 Å². The van der Waals surface area contributed by atoms with Crippen LogP contribution in [0.2, 0.25) is 0 Å². The summed E-state index contributed by atoms with van der Waals surface area (Å²) >= 11 is 0. The van der Waals surface area contributed by atoms with Gasteiger partial charge in [0, 0.05) is 6.61 Å². The molecule has 1 saturated heterocycles. The van der Waals surface area contributed by atoms with Crippen LogP contribution in [0, 0.1) is 0 Å². The molecule has 1 aliphatic rings. The van der Waals surface area contributed by atoms with Crippen molar-refractivity contribution in [2.75, 3.05) is 17.7 Å². The molecule has 0 saturated carbocycles. The summed E-state index contributed by atoms with van der Waals surface area (Å²) in [5.41, 5.74) is 11.3. The summed E-state index contributed by atoms with van der Waals surface area (Å²) in [7, 11) is 0. The van der Waals surface area contributed by atoms with Crippen LogP contribution in [0.4, 0.5) is 11.5 Å². The maximum absolute atomic E-state index is 11.2. The van der Waals surface area contributed by atoms with Gasteiger partial charge in [-0.1, -0.05) is 0 Å². The van der Waals surface area contributed by atoms with Crippen LogP contribution in [0.25, 0.3) is 0 Å². The molecule has 1 aromatic heterocycles. The van der Waals surface area contributed by atoms with E-state index in [1.54, 1.807) is 6.07 Å². The van der Waals surface area contributed by atoms with E-state index >= 15 is 0 Å². The fraction of sp³-hybridized carbons (Fsp3) is 0.500. The molecule has 0 bridgehead atoms. The van der Waals surface area contributed by atoms with E-state index in [9.17, 15) is 4.79 Å². The number of hydrogen-bond acceptors (Lipinski definition) is 5. The third kappa shape index (κ3) is 2.24. The first kappa shape index (κ1) is 12.6. The van der Waals surface area contributed by atoms with Gasteiger partial charge in [0.1, 0.15) is 5.82 Å². The summed E-state index contributed by atoms with van der Waals surface area (Å²) in [4.78, 5) is 15.4. The van der Waals surface area contributed by atoms with Gasteiger partial charge in [0.05, 0.1) is 29.1 Å². The maximum Gasteiger partial charge on any atom is 0.250 e. The second-order valence-electron chi connectivity index (χ2n) is 4.83. The van der Waals surface area contributed by atoms with Crippen molar-refractivity contribution in [3.05, 3.63) is 17.8 Å². The fourth-order valence-electron chi connectivity index (χ4n) is 2.04. The lowest BCUT2D eigenvalue weighted by Crippen LogP contribution is -2.41. The fourth-order valence-corrected chi connectivity index (χ4v) is 2.04. The van der Waals surface area contributed by atoms with Gasteiger partial charge in [-0.2, -0.15) is 0 Å². The van der Waals surface area contributed by atoms with Gasteiger partial charge in [-0.05, 0) is 26.3 Å². The Hall–Kier alpha value is -1.82. The average molecular weight is 250 g/mol. The first-order chi connectivity index (χ1) is 8.42. The summed E-state index contributed by atoms with van der Waals surface area (Å²) in [5, 5.41) is 3.29. The summed E-state index contributed by atoms with van der Waals surface area (Å²) in [6, 6.07) is 1.58. The molecule has 1 fully saturated rings. The molecule has 1 aromatic rings. The Kier molecular flexibility index (Phi) is 3.13. The molecule has 98 valence electrons. The molecule has 2 atom stereocenters. The third-order valence-corrected chi connectivity index (χ3v) is 3.50. The smallest absolute Gasteiger partial charge is 0.250 e. The summed E-state index contributed by atoms with van der Waals surface area (Å²) in [5.74, 6) is 0.0247. The predicted molar refractivity (Wildman–Crippen MR) is 69.2 cm³/mol. The summed E-state index contributed by atoms with van der Waals surface area (Å²) in [6.45, 7) is 4.78. The van der Waals surface area contributed by atoms with Crippen molar-refractivity contribution in [2.24, 2.45) is 5.73 Å². The zero-order chi connectivity index (χ0) is 13.3. The van der Waals surface area contributed by atoms with E-state index in [1.165, 1.54) is 6.20 Å². The number of nitrogens with one attached hydrogen (secondary N) is 1. The number of primary amides is 1. The van der Waals surface area contributed by atoms with Crippen LogP contribution in [0.15, 0.2) is 12.3 Å². The van der Waals surface area contributed by atoms with Crippen LogP contribution in [-0.2, 0) is 4.74 Å². The third-order valence-electron chi connectivity index (χ3n) is 3.50. The molecule has 2 heterocycles. The average Bonchev–Trinajstić information content (AvgIpc) is 2.62. The Balaban J connectivity index is 2.25. The minimum Gasteiger partial charge on any atom is -0.397 e. The zero-order valence-corrected chi connectivity index (χ0v) is 10.6. The first-order valence-corrected chi connectivity index (χ1v) is 5.87. The van der Waals surface area contributed by atoms with Crippen LogP contribution >= 0.6 is 0 Å². The molecular formula is C12H18N4O2. The number of anilines is 2. The van der Waals surface area contributed by atoms with Gasteiger partial charge in [-0.25, -0.2) is 4.98 Å². The van der Waals surface area contributed by atoms with Crippen LogP contribution in [0.1, 0.15) is 30.6 Å². The monoisotopic (exact) mass is 250 g/mol. The largest absolute Gasteiger partial charge is 0.397 e. The highest BCUT2D eigenvalue weighted by atomic mass is 16.5. The van der Waals surface area contributed by atoms with Gasteiger partial charge < -0.3 is 21.5 Å². The van der Waals surface area contributed by atoms with Crippen molar-refractivity contribution in [3.8, 4) is 0 Å². The molecule has 2 unspecified atom stereocenters. The van der Waals surface area contributed by atoms with E-state index in [1.807, 2.05) is 6.92 Å². The Labute approximate surface area is 106 Å². The molecule has 0 aliphatic carbocycles. The number of nitrogens with zero attached hydrogens (tertiary/aromatic N) is 1. The number of hydrogen-bond donors (Lipinski definition) is 3. The van der Waals surface area contributed by atoms with E-state index in [2.05, 4.69) is 17.2 Å². The maximum atomic E-state index is 11.2. The van der Waals surface area contributed by atoms with Crippen molar-refractivity contribution < 1.29 is 9.53 Å². The number of ether oxygens (including phenoxy) is 1. The molecule has 18 heavy (non-hydrogen) atoms. The van der Waals surface area contributed by atoms with E-state index in [-0.39, 0.29) is 22.9 Å². The molecule has 1 amide bonds. The van der Waals surface area contributed by atoms with Gasteiger partial charge in [-0.3, -0.25) is 4.79 Å². The predicted octanol–water partition coefficient (Wildman–Crippen LogP) is 0.742. The SMILES string of the molecule is CC1OCCC1(C)Nc1cc(C(N)=O)c(N)cn1. The lowest BCUT2D eigenvalue weighted by molar-refractivity contribution is 0.100. The Morgan fingerprint density at radius 3 is 2.94 bits per heavy atom. The Bertz CT molecular complexity index is 477. The van der Waals surface area contributed by atoms with Gasteiger partial charge in [0.25, 0.3) is 5.91 Å². The second-order valence-corrected chi connectivity index (χ2v) is 4.83. The number of carbonyl (C=O) groups excluding carboxylic acids is 1. The van der Waals surface area contributed by atoms with Crippen molar-refractivity contribution in [1.29, 1.82) is 0 Å². The lowest BCUT2D eigenvalue weighted by atomic mass is 9.94. The molecule has 0 spiro atoms. The number of aromatic nitrogens is 1. The molecule has 1 aliphatic heterocycles. The summed E-state index contributed by atoms with van der Waals surface area (Å²) < 4.78 is 5.54. The van der Waals surface area contributed by atoms with Crippen LogP contribution < -0.4 is 16.8 Å². The van der Waals surface area contributed by atoms with Crippen molar-refractivity contribution in [1.82, 2.24) is 4.98 Å². The van der Waals surface area contributed by atoms with Crippen LogP contribution in [-0.4, -0.2) is 29.1 Å². The quantitative estimate of drug-likeness (QED) is 0.734. The minimum absolute atomic E-state index is 0.0777. The Morgan fingerprint density at radius 2 is 2.39 bits per heavy atom. The lowest BCUT2D eigenvalue weighted by Gasteiger charge is -2.29.